The molecule has 0 atom stereocenters. The molecule has 0 fully saturated rings. The van der Waals surface area contributed by atoms with Gasteiger partial charge in [0.25, 0.3) is 0 Å². The summed E-state index contributed by atoms with van der Waals surface area (Å²) in [5.41, 5.74) is 4.67. The van der Waals surface area contributed by atoms with Gasteiger partial charge in [-0.2, -0.15) is 0 Å². The van der Waals surface area contributed by atoms with E-state index in [1.807, 2.05) is 93.0 Å². The van der Waals surface area contributed by atoms with Gasteiger partial charge in [0.1, 0.15) is 12.4 Å². The van der Waals surface area contributed by atoms with E-state index in [-0.39, 0.29) is 5.78 Å². The summed E-state index contributed by atoms with van der Waals surface area (Å²) in [6.45, 7) is 3.15. The van der Waals surface area contributed by atoms with E-state index in [1.165, 1.54) is 0 Å². The number of benzene rings is 3. The average molecular weight is 458 g/mol. The Bertz CT molecular complexity index is 1070. The van der Waals surface area contributed by atoms with Crippen molar-refractivity contribution in [2.75, 3.05) is 59.7 Å². The van der Waals surface area contributed by atoms with E-state index < -0.39 is 0 Å². The van der Waals surface area contributed by atoms with Crippen LogP contribution in [0.2, 0.25) is 0 Å². The van der Waals surface area contributed by atoms with E-state index in [1.54, 1.807) is 6.08 Å². The van der Waals surface area contributed by atoms with Crippen LogP contribution in [0.1, 0.15) is 15.9 Å². The fourth-order valence-electron chi connectivity index (χ4n) is 3.39. The average Bonchev–Trinajstić information content (AvgIpc) is 2.83. The summed E-state index contributed by atoms with van der Waals surface area (Å²) in [4.78, 5) is 17.4. The molecule has 3 aromatic rings. The highest BCUT2D eigenvalue weighted by Crippen LogP contribution is 2.28. The number of nitrogens with one attached hydrogen (secondary N) is 1. The highest BCUT2D eigenvalue weighted by atomic mass is 16.5. The van der Waals surface area contributed by atoms with Gasteiger partial charge in [0.2, 0.25) is 0 Å². The largest absolute Gasteiger partial charge is 0.491 e. The standard InChI is InChI=1S/C29H35N3O2/c1-31(2)19-18-30-26-14-10-23(11-15-26)12-16-28(33)27-22-25(24-8-6-5-7-9-24)13-17-29(27)34-21-20-32(3)4/h5-17,22,30H,18-21H2,1-4H3/b16-12+. The lowest BCUT2D eigenvalue weighted by atomic mass is 10.00. The Balaban J connectivity index is 1.76. The Hall–Kier alpha value is -3.41. The van der Waals surface area contributed by atoms with Crippen molar-refractivity contribution in [3.05, 3.63) is 90.0 Å². The number of likely N-dealkylation sites (N-methyl/N-ethyl adjacent to an activating group) is 2. The van der Waals surface area contributed by atoms with Gasteiger partial charge in [0.15, 0.2) is 5.78 Å². The molecule has 0 aromatic heterocycles. The first-order valence-electron chi connectivity index (χ1n) is 11.6. The monoisotopic (exact) mass is 457 g/mol. The van der Waals surface area contributed by atoms with Crippen LogP contribution in [0, 0.1) is 0 Å². The van der Waals surface area contributed by atoms with Gasteiger partial charge in [-0.15, -0.1) is 0 Å². The first-order valence-corrected chi connectivity index (χ1v) is 11.6. The Labute approximate surface area is 203 Å². The molecule has 0 aliphatic heterocycles. The molecule has 0 aliphatic rings. The number of carbonyl (C=O) groups is 1. The third-order valence-corrected chi connectivity index (χ3v) is 5.37. The highest BCUT2D eigenvalue weighted by Gasteiger charge is 2.13. The second kappa shape index (κ2) is 12.7. The van der Waals surface area contributed by atoms with Gasteiger partial charge in [-0.25, -0.2) is 0 Å². The fourth-order valence-corrected chi connectivity index (χ4v) is 3.39. The molecule has 1 N–H and O–H groups in total. The Morgan fingerprint density at radius 3 is 2.24 bits per heavy atom. The lowest BCUT2D eigenvalue weighted by Gasteiger charge is -2.14. The van der Waals surface area contributed by atoms with Crippen molar-refractivity contribution in [3.63, 3.8) is 0 Å². The number of hydrogen-bond donors (Lipinski definition) is 1. The van der Waals surface area contributed by atoms with E-state index >= 15 is 0 Å². The van der Waals surface area contributed by atoms with E-state index in [0.29, 0.717) is 17.9 Å². The predicted molar refractivity (Wildman–Crippen MR) is 143 cm³/mol. The van der Waals surface area contributed by atoms with Crippen molar-refractivity contribution < 1.29 is 9.53 Å². The van der Waals surface area contributed by atoms with E-state index in [4.69, 9.17) is 4.74 Å². The van der Waals surface area contributed by atoms with Crippen LogP contribution in [-0.4, -0.2) is 70.0 Å². The normalized spacial score (nSPS) is 11.4. The lowest BCUT2D eigenvalue weighted by Crippen LogP contribution is -2.20. The maximum atomic E-state index is 13.2. The summed E-state index contributed by atoms with van der Waals surface area (Å²) in [5, 5.41) is 3.40. The number of hydrogen-bond acceptors (Lipinski definition) is 5. The number of carbonyl (C=O) groups excluding carboxylic acids is 1. The highest BCUT2D eigenvalue weighted by molar-refractivity contribution is 6.09. The summed E-state index contributed by atoms with van der Waals surface area (Å²) in [7, 11) is 8.11. The van der Waals surface area contributed by atoms with Crippen LogP contribution in [0.3, 0.4) is 0 Å². The Morgan fingerprint density at radius 1 is 0.853 bits per heavy atom. The van der Waals surface area contributed by atoms with Gasteiger partial charge in [0, 0.05) is 25.3 Å². The maximum Gasteiger partial charge on any atom is 0.189 e. The molecule has 0 heterocycles. The zero-order chi connectivity index (χ0) is 24.3. The molecule has 0 bridgehead atoms. The summed E-state index contributed by atoms with van der Waals surface area (Å²) < 4.78 is 5.97. The van der Waals surface area contributed by atoms with E-state index in [2.05, 4.69) is 29.2 Å². The van der Waals surface area contributed by atoms with E-state index in [0.717, 1.165) is 42.0 Å². The Kier molecular flexibility index (Phi) is 9.44. The van der Waals surface area contributed by atoms with Crippen LogP contribution in [0.5, 0.6) is 5.75 Å². The topological polar surface area (TPSA) is 44.8 Å². The van der Waals surface area contributed by atoms with Gasteiger partial charge >= 0.3 is 0 Å². The fraction of sp³-hybridized carbons (Fsp3) is 0.276. The minimum absolute atomic E-state index is 0.0779. The number of rotatable bonds is 12. The number of ketones is 1. The second-order valence-corrected chi connectivity index (χ2v) is 8.78. The summed E-state index contributed by atoms with van der Waals surface area (Å²) in [6.07, 6.45) is 3.47. The SMILES string of the molecule is CN(C)CCNc1ccc(/C=C/C(=O)c2cc(-c3ccccc3)ccc2OCCN(C)C)cc1. The van der Waals surface area contributed by atoms with Crippen LogP contribution >= 0.6 is 0 Å². The van der Waals surface area contributed by atoms with Gasteiger partial charge in [-0.1, -0.05) is 54.6 Å². The molecule has 0 saturated carbocycles. The minimum atomic E-state index is -0.0779. The molecule has 0 aliphatic carbocycles. The minimum Gasteiger partial charge on any atom is -0.491 e. The quantitative estimate of drug-likeness (QED) is 0.301. The summed E-state index contributed by atoms with van der Waals surface area (Å²) >= 11 is 0. The number of nitrogens with zero attached hydrogens (tertiary/aromatic N) is 2. The summed E-state index contributed by atoms with van der Waals surface area (Å²) in [5.74, 6) is 0.530. The van der Waals surface area contributed by atoms with Gasteiger partial charge < -0.3 is 19.9 Å². The maximum absolute atomic E-state index is 13.2. The molecule has 0 radical (unpaired) electrons. The van der Waals surface area contributed by atoms with Crippen molar-refractivity contribution in [1.82, 2.24) is 9.80 Å². The molecule has 5 heteroatoms. The third-order valence-electron chi connectivity index (χ3n) is 5.37. The van der Waals surface area contributed by atoms with Gasteiger partial charge in [-0.05, 0) is 75.2 Å². The zero-order valence-electron chi connectivity index (χ0n) is 20.6. The zero-order valence-corrected chi connectivity index (χ0v) is 20.6. The predicted octanol–water partition coefficient (Wildman–Crippen LogP) is 5.16. The number of allylic oxidation sites excluding steroid dienone is 1. The molecule has 5 nitrogen and oxygen atoms in total. The molecular weight excluding hydrogens is 422 g/mol. The number of ether oxygens (including phenoxy) is 1. The van der Waals surface area contributed by atoms with Crippen LogP contribution in [-0.2, 0) is 0 Å². The summed E-state index contributed by atoms with van der Waals surface area (Å²) in [6, 6.07) is 24.0. The van der Waals surface area contributed by atoms with Crippen LogP contribution in [0.4, 0.5) is 5.69 Å². The third kappa shape index (κ3) is 7.87. The van der Waals surface area contributed by atoms with Gasteiger partial charge in [0.05, 0.1) is 5.56 Å². The van der Waals surface area contributed by atoms with Crippen LogP contribution < -0.4 is 10.1 Å². The molecule has 0 unspecified atom stereocenters. The van der Waals surface area contributed by atoms with Crippen molar-refractivity contribution in [1.29, 1.82) is 0 Å². The molecule has 0 saturated heterocycles. The van der Waals surface area contributed by atoms with Crippen molar-refractivity contribution >= 4 is 17.5 Å². The molecular formula is C29H35N3O2. The van der Waals surface area contributed by atoms with Gasteiger partial charge in [-0.3, -0.25) is 4.79 Å². The second-order valence-electron chi connectivity index (χ2n) is 8.78. The first-order chi connectivity index (χ1) is 16.4. The smallest absolute Gasteiger partial charge is 0.189 e. The molecule has 0 spiro atoms. The van der Waals surface area contributed by atoms with Crippen molar-refractivity contribution in [3.8, 4) is 16.9 Å². The number of anilines is 1. The molecule has 34 heavy (non-hydrogen) atoms. The van der Waals surface area contributed by atoms with Crippen LogP contribution in [0.25, 0.3) is 17.2 Å². The first kappa shape index (κ1) is 25.2. The molecule has 0 amide bonds. The van der Waals surface area contributed by atoms with Crippen molar-refractivity contribution in [2.45, 2.75) is 0 Å². The molecule has 3 rings (SSSR count). The Morgan fingerprint density at radius 2 is 1.56 bits per heavy atom. The molecule has 3 aromatic carbocycles. The molecule has 178 valence electrons. The van der Waals surface area contributed by atoms with Crippen LogP contribution in [0.15, 0.2) is 78.9 Å². The van der Waals surface area contributed by atoms with E-state index in [9.17, 15) is 4.79 Å². The van der Waals surface area contributed by atoms with Crippen molar-refractivity contribution in [2.24, 2.45) is 0 Å². The lowest BCUT2D eigenvalue weighted by molar-refractivity contribution is 0.104.